The lowest BCUT2D eigenvalue weighted by atomic mass is 10.1. The van der Waals surface area contributed by atoms with Crippen LogP contribution >= 0.6 is 0 Å². The summed E-state index contributed by atoms with van der Waals surface area (Å²) in [4.78, 5) is 14.4. The van der Waals surface area contributed by atoms with Crippen molar-refractivity contribution in [1.82, 2.24) is 4.90 Å². The largest absolute Gasteiger partial charge is 0.489 e. The second kappa shape index (κ2) is 9.25. The fourth-order valence-electron chi connectivity index (χ4n) is 2.64. The molecule has 0 bridgehead atoms. The number of para-hydroxylation sites is 1. The van der Waals surface area contributed by atoms with E-state index < -0.39 is 0 Å². The number of hydrogen-bond acceptors (Lipinski definition) is 4. The van der Waals surface area contributed by atoms with Crippen LogP contribution < -0.4 is 4.74 Å². The van der Waals surface area contributed by atoms with Gasteiger partial charge >= 0.3 is 0 Å². The van der Waals surface area contributed by atoms with E-state index in [9.17, 15) is 4.79 Å². The van der Waals surface area contributed by atoms with Crippen molar-refractivity contribution in [2.75, 3.05) is 6.54 Å². The summed E-state index contributed by atoms with van der Waals surface area (Å²) in [7, 11) is 0. The van der Waals surface area contributed by atoms with Gasteiger partial charge in [0.05, 0.1) is 25.3 Å². The summed E-state index contributed by atoms with van der Waals surface area (Å²) in [6.07, 6.45) is 1.85. The highest BCUT2D eigenvalue weighted by Crippen LogP contribution is 2.15. The molecule has 3 rings (SSSR count). The van der Waals surface area contributed by atoms with Crippen LogP contribution in [0.1, 0.15) is 28.1 Å². The fourth-order valence-corrected chi connectivity index (χ4v) is 2.64. The van der Waals surface area contributed by atoms with E-state index in [0.717, 1.165) is 11.3 Å². The standard InChI is InChI=1S/C22H20N2O3/c23-13-5-14-24(16-21-8-4-15-26-21)22(25)19-11-9-18(10-12-19)17-27-20-6-2-1-3-7-20/h1-4,6-12,15H,5,14,16-17H2. The smallest absolute Gasteiger partial charge is 0.254 e. The first-order valence-corrected chi connectivity index (χ1v) is 8.71. The lowest BCUT2D eigenvalue weighted by molar-refractivity contribution is 0.0735. The van der Waals surface area contributed by atoms with Crippen LogP contribution in [0.5, 0.6) is 5.75 Å². The molecule has 5 heteroatoms. The Morgan fingerprint density at radius 1 is 1.04 bits per heavy atom. The molecule has 0 radical (unpaired) electrons. The quantitative estimate of drug-likeness (QED) is 0.597. The number of rotatable bonds is 8. The highest BCUT2D eigenvalue weighted by Gasteiger charge is 2.17. The molecule has 1 heterocycles. The average Bonchev–Trinajstić information content (AvgIpc) is 3.23. The molecule has 1 amide bonds. The van der Waals surface area contributed by atoms with Crippen LogP contribution in [0.25, 0.3) is 0 Å². The summed E-state index contributed by atoms with van der Waals surface area (Å²) in [6, 6.07) is 22.6. The van der Waals surface area contributed by atoms with Crippen LogP contribution in [0.4, 0.5) is 0 Å². The summed E-state index contributed by atoms with van der Waals surface area (Å²) in [6.45, 7) is 1.13. The van der Waals surface area contributed by atoms with E-state index in [2.05, 4.69) is 6.07 Å². The number of furan rings is 1. The van der Waals surface area contributed by atoms with Crippen molar-refractivity contribution in [2.45, 2.75) is 19.6 Å². The molecule has 0 unspecified atom stereocenters. The molecule has 5 nitrogen and oxygen atoms in total. The summed E-state index contributed by atoms with van der Waals surface area (Å²) in [5.41, 5.74) is 1.55. The molecule has 0 spiro atoms. The van der Waals surface area contributed by atoms with Crippen LogP contribution in [0.15, 0.2) is 77.4 Å². The number of carbonyl (C=O) groups is 1. The van der Waals surface area contributed by atoms with E-state index in [0.29, 0.717) is 31.0 Å². The zero-order valence-electron chi connectivity index (χ0n) is 14.9. The number of hydrogen-bond donors (Lipinski definition) is 0. The number of ether oxygens (including phenoxy) is 1. The van der Waals surface area contributed by atoms with Gasteiger partial charge in [-0.15, -0.1) is 0 Å². The molecule has 0 saturated carbocycles. The molecule has 1 aromatic heterocycles. The van der Waals surface area contributed by atoms with Crippen molar-refractivity contribution in [3.8, 4) is 11.8 Å². The predicted octanol–water partition coefficient (Wildman–Crippen LogP) is 4.41. The number of benzene rings is 2. The Kier molecular flexibility index (Phi) is 6.26. The Bertz CT molecular complexity index is 882. The van der Waals surface area contributed by atoms with E-state index in [1.807, 2.05) is 48.5 Å². The molecule has 3 aromatic rings. The van der Waals surface area contributed by atoms with Crippen LogP contribution in [0.3, 0.4) is 0 Å². The minimum Gasteiger partial charge on any atom is -0.489 e. The van der Waals surface area contributed by atoms with Gasteiger partial charge in [-0.1, -0.05) is 30.3 Å². The molecule has 2 aromatic carbocycles. The lowest BCUT2D eigenvalue weighted by Gasteiger charge is -2.20. The first-order chi connectivity index (χ1) is 13.3. The van der Waals surface area contributed by atoms with Gasteiger partial charge in [0.1, 0.15) is 18.1 Å². The van der Waals surface area contributed by atoms with Gasteiger partial charge < -0.3 is 14.1 Å². The van der Waals surface area contributed by atoms with Gasteiger partial charge in [0.15, 0.2) is 0 Å². The Balaban J connectivity index is 1.64. The molecular weight excluding hydrogens is 340 g/mol. The number of nitrogens with zero attached hydrogens (tertiary/aromatic N) is 2. The predicted molar refractivity (Wildman–Crippen MR) is 101 cm³/mol. The van der Waals surface area contributed by atoms with Crippen LogP contribution in [0.2, 0.25) is 0 Å². The van der Waals surface area contributed by atoms with E-state index >= 15 is 0 Å². The van der Waals surface area contributed by atoms with Crippen molar-refractivity contribution < 1.29 is 13.9 Å². The van der Waals surface area contributed by atoms with Gasteiger partial charge in [-0.25, -0.2) is 0 Å². The molecular formula is C22H20N2O3. The first kappa shape index (κ1) is 18.3. The van der Waals surface area contributed by atoms with Crippen molar-refractivity contribution >= 4 is 5.91 Å². The number of nitriles is 1. The van der Waals surface area contributed by atoms with Gasteiger partial charge in [-0.2, -0.15) is 5.26 Å². The SMILES string of the molecule is N#CCCN(Cc1ccco1)C(=O)c1ccc(COc2ccccc2)cc1. The van der Waals surface area contributed by atoms with Crippen LogP contribution in [0, 0.1) is 11.3 Å². The molecule has 0 atom stereocenters. The van der Waals surface area contributed by atoms with E-state index in [1.165, 1.54) is 0 Å². The summed E-state index contributed by atoms with van der Waals surface area (Å²) < 4.78 is 11.0. The van der Waals surface area contributed by atoms with E-state index in [-0.39, 0.29) is 12.3 Å². The van der Waals surface area contributed by atoms with Crippen LogP contribution in [-0.4, -0.2) is 17.4 Å². The Hall–Kier alpha value is -3.52. The Labute approximate surface area is 158 Å². The maximum absolute atomic E-state index is 12.8. The third-order valence-corrected chi connectivity index (χ3v) is 4.06. The van der Waals surface area contributed by atoms with Crippen molar-refractivity contribution in [2.24, 2.45) is 0 Å². The van der Waals surface area contributed by atoms with Gasteiger partial charge in [0.25, 0.3) is 5.91 Å². The average molecular weight is 360 g/mol. The zero-order chi connectivity index (χ0) is 18.9. The van der Waals surface area contributed by atoms with Gasteiger partial charge in [0.2, 0.25) is 0 Å². The third-order valence-electron chi connectivity index (χ3n) is 4.06. The van der Waals surface area contributed by atoms with Gasteiger partial charge in [-0.3, -0.25) is 4.79 Å². The zero-order valence-corrected chi connectivity index (χ0v) is 14.9. The number of amides is 1. The second-order valence-corrected chi connectivity index (χ2v) is 6.01. The minimum absolute atomic E-state index is 0.128. The summed E-state index contributed by atoms with van der Waals surface area (Å²) in [5, 5.41) is 8.86. The van der Waals surface area contributed by atoms with Gasteiger partial charge in [-0.05, 0) is 42.0 Å². The van der Waals surface area contributed by atoms with Gasteiger partial charge in [0, 0.05) is 12.1 Å². The fraction of sp³-hybridized carbons (Fsp3) is 0.182. The summed E-state index contributed by atoms with van der Waals surface area (Å²) >= 11 is 0. The molecule has 0 fully saturated rings. The van der Waals surface area contributed by atoms with E-state index in [4.69, 9.17) is 14.4 Å². The second-order valence-electron chi connectivity index (χ2n) is 6.01. The topological polar surface area (TPSA) is 66.5 Å². The Morgan fingerprint density at radius 2 is 1.81 bits per heavy atom. The molecule has 0 aliphatic heterocycles. The van der Waals surface area contributed by atoms with E-state index in [1.54, 1.807) is 29.4 Å². The van der Waals surface area contributed by atoms with Crippen molar-refractivity contribution in [1.29, 1.82) is 5.26 Å². The highest BCUT2D eigenvalue weighted by molar-refractivity contribution is 5.94. The maximum Gasteiger partial charge on any atom is 0.254 e. The minimum atomic E-state index is -0.128. The Morgan fingerprint density at radius 3 is 2.48 bits per heavy atom. The van der Waals surface area contributed by atoms with Crippen LogP contribution in [-0.2, 0) is 13.2 Å². The normalized spacial score (nSPS) is 10.2. The lowest BCUT2D eigenvalue weighted by Crippen LogP contribution is -2.31. The monoisotopic (exact) mass is 360 g/mol. The van der Waals surface area contributed by atoms with Crippen molar-refractivity contribution in [3.63, 3.8) is 0 Å². The number of carbonyl (C=O) groups excluding carboxylic acids is 1. The highest BCUT2D eigenvalue weighted by atomic mass is 16.5. The molecule has 136 valence electrons. The molecule has 27 heavy (non-hydrogen) atoms. The first-order valence-electron chi connectivity index (χ1n) is 8.71. The molecule has 0 N–H and O–H groups in total. The third kappa shape index (κ3) is 5.23. The van der Waals surface area contributed by atoms with Crippen molar-refractivity contribution in [3.05, 3.63) is 89.9 Å². The summed E-state index contributed by atoms with van der Waals surface area (Å²) in [5.74, 6) is 1.37. The maximum atomic E-state index is 12.8. The molecule has 0 saturated heterocycles. The molecule has 0 aliphatic rings. The molecule has 0 aliphatic carbocycles.